The summed E-state index contributed by atoms with van der Waals surface area (Å²) in [6.07, 6.45) is 2.24. The van der Waals surface area contributed by atoms with E-state index in [9.17, 15) is 9.59 Å². The van der Waals surface area contributed by atoms with Gasteiger partial charge in [0, 0.05) is 17.2 Å². The van der Waals surface area contributed by atoms with E-state index in [1.54, 1.807) is 24.3 Å². The number of nitrogens with two attached hydrogens (primary N) is 1. The van der Waals surface area contributed by atoms with E-state index in [0.717, 1.165) is 24.4 Å². The summed E-state index contributed by atoms with van der Waals surface area (Å²) in [6.45, 7) is 0. The second kappa shape index (κ2) is 7.85. The Morgan fingerprint density at radius 3 is 2.46 bits per heavy atom. The lowest BCUT2D eigenvalue weighted by Gasteiger charge is -2.04. The van der Waals surface area contributed by atoms with E-state index in [0.29, 0.717) is 22.3 Å². The minimum absolute atomic E-state index is 0.166. The second-order valence-electron chi connectivity index (χ2n) is 6.55. The van der Waals surface area contributed by atoms with Crippen molar-refractivity contribution in [1.82, 2.24) is 14.8 Å². The number of carbonyl (C=O) groups excluding carboxylic acids is 2. The maximum Gasteiger partial charge on any atom is 0.248 e. The van der Waals surface area contributed by atoms with Crippen LogP contribution in [0.2, 0.25) is 0 Å². The Kier molecular flexibility index (Phi) is 5.12. The first-order valence-electron chi connectivity index (χ1n) is 8.95. The number of hydrogen-bond donors (Lipinski definition) is 2. The number of carbonyl (C=O) groups is 2. The number of anilines is 1. The Balaban J connectivity index is 1.40. The van der Waals surface area contributed by atoms with Crippen LogP contribution in [0.3, 0.4) is 0 Å². The SMILES string of the molecule is NC(=O)c1ccc(NC(=O)CSc2nc(C3CC3)n(-c3ccccc3)n2)cc1. The summed E-state index contributed by atoms with van der Waals surface area (Å²) in [4.78, 5) is 28.0. The zero-order chi connectivity index (χ0) is 19.5. The molecule has 0 unspecified atom stereocenters. The normalized spacial score (nSPS) is 13.3. The lowest BCUT2D eigenvalue weighted by molar-refractivity contribution is -0.113. The van der Waals surface area contributed by atoms with Gasteiger partial charge in [0.15, 0.2) is 0 Å². The summed E-state index contributed by atoms with van der Waals surface area (Å²) in [5, 5.41) is 7.97. The molecule has 0 saturated heterocycles. The van der Waals surface area contributed by atoms with Crippen molar-refractivity contribution in [1.29, 1.82) is 0 Å². The molecule has 0 radical (unpaired) electrons. The Morgan fingerprint density at radius 1 is 1.11 bits per heavy atom. The van der Waals surface area contributed by atoms with Gasteiger partial charge < -0.3 is 11.1 Å². The highest BCUT2D eigenvalue weighted by Crippen LogP contribution is 2.40. The minimum Gasteiger partial charge on any atom is -0.366 e. The van der Waals surface area contributed by atoms with Gasteiger partial charge in [0.2, 0.25) is 17.0 Å². The van der Waals surface area contributed by atoms with Crippen molar-refractivity contribution in [2.45, 2.75) is 23.9 Å². The number of nitrogens with zero attached hydrogens (tertiary/aromatic N) is 3. The first-order valence-corrected chi connectivity index (χ1v) is 9.93. The van der Waals surface area contributed by atoms with Crippen LogP contribution in [-0.4, -0.2) is 32.3 Å². The average Bonchev–Trinajstić information content (AvgIpc) is 3.47. The molecule has 0 atom stereocenters. The monoisotopic (exact) mass is 393 g/mol. The fraction of sp³-hybridized carbons (Fsp3) is 0.200. The molecule has 0 spiro atoms. The van der Waals surface area contributed by atoms with E-state index in [1.807, 2.05) is 35.0 Å². The maximum absolute atomic E-state index is 12.2. The molecular weight excluding hydrogens is 374 g/mol. The fourth-order valence-corrected chi connectivity index (χ4v) is 3.41. The third-order valence-electron chi connectivity index (χ3n) is 4.34. The number of rotatable bonds is 7. The summed E-state index contributed by atoms with van der Waals surface area (Å²) in [5.41, 5.74) is 7.20. The van der Waals surface area contributed by atoms with Gasteiger partial charge in [-0.15, -0.1) is 5.10 Å². The van der Waals surface area contributed by atoms with Crippen molar-refractivity contribution in [3.05, 3.63) is 66.0 Å². The molecule has 0 bridgehead atoms. The van der Waals surface area contributed by atoms with Crippen LogP contribution in [0.1, 0.15) is 34.9 Å². The smallest absolute Gasteiger partial charge is 0.248 e. The zero-order valence-corrected chi connectivity index (χ0v) is 15.9. The van der Waals surface area contributed by atoms with E-state index in [1.165, 1.54) is 11.8 Å². The van der Waals surface area contributed by atoms with Gasteiger partial charge in [-0.3, -0.25) is 9.59 Å². The van der Waals surface area contributed by atoms with Gasteiger partial charge in [-0.1, -0.05) is 30.0 Å². The molecule has 3 N–H and O–H groups in total. The van der Waals surface area contributed by atoms with Crippen molar-refractivity contribution >= 4 is 29.3 Å². The van der Waals surface area contributed by atoms with Crippen LogP contribution in [0.5, 0.6) is 0 Å². The van der Waals surface area contributed by atoms with Gasteiger partial charge in [-0.05, 0) is 49.2 Å². The summed E-state index contributed by atoms with van der Waals surface area (Å²) in [7, 11) is 0. The van der Waals surface area contributed by atoms with Gasteiger partial charge >= 0.3 is 0 Å². The molecule has 1 fully saturated rings. The predicted octanol–water partition coefficient (Wildman–Crippen LogP) is 2.97. The highest BCUT2D eigenvalue weighted by Gasteiger charge is 2.30. The molecule has 1 saturated carbocycles. The molecule has 1 aromatic heterocycles. The highest BCUT2D eigenvalue weighted by atomic mass is 32.2. The number of hydrogen-bond acceptors (Lipinski definition) is 5. The van der Waals surface area contributed by atoms with E-state index in [-0.39, 0.29) is 11.7 Å². The van der Waals surface area contributed by atoms with Crippen LogP contribution in [0.4, 0.5) is 5.69 Å². The molecule has 2 amide bonds. The van der Waals surface area contributed by atoms with Gasteiger partial charge in [0.1, 0.15) is 5.82 Å². The molecule has 2 aromatic carbocycles. The molecule has 4 rings (SSSR count). The largest absolute Gasteiger partial charge is 0.366 e. The van der Waals surface area contributed by atoms with Crippen molar-refractivity contribution in [3.8, 4) is 5.69 Å². The van der Waals surface area contributed by atoms with E-state index >= 15 is 0 Å². The number of nitrogens with one attached hydrogen (secondary N) is 1. The number of aromatic nitrogens is 3. The van der Waals surface area contributed by atoms with Crippen LogP contribution in [0.15, 0.2) is 59.8 Å². The molecular formula is C20H19N5O2S. The van der Waals surface area contributed by atoms with Gasteiger partial charge in [0.05, 0.1) is 11.4 Å². The number of primary amides is 1. The van der Waals surface area contributed by atoms with E-state index in [4.69, 9.17) is 5.73 Å². The Hall–Kier alpha value is -3.13. The molecule has 1 aliphatic rings. The highest BCUT2D eigenvalue weighted by molar-refractivity contribution is 7.99. The van der Waals surface area contributed by atoms with Gasteiger partial charge in [-0.2, -0.15) is 0 Å². The summed E-state index contributed by atoms with van der Waals surface area (Å²) in [5.74, 6) is 0.928. The molecule has 1 heterocycles. The summed E-state index contributed by atoms with van der Waals surface area (Å²) >= 11 is 1.30. The Morgan fingerprint density at radius 2 is 1.82 bits per heavy atom. The quantitative estimate of drug-likeness (QED) is 0.601. The average molecular weight is 393 g/mol. The van der Waals surface area contributed by atoms with Crippen LogP contribution < -0.4 is 11.1 Å². The van der Waals surface area contributed by atoms with Crippen molar-refractivity contribution < 1.29 is 9.59 Å². The topological polar surface area (TPSA) is 103 Å². The van der Waals surface area contributed by atoms with Crippen LogP contribution >= 0.6 is 11.8 Å². The third kappa shape index (κ3) is 4.23. The van der Waals surface area contributed by atoms with Crippen LogP contribution in [0, 0.1) is 0 Å². The number of benzene rings is 2. The number of thioether (sulfide) groups is 1. The zero-order valence-electron chi connectivity index (χ0n) is 15.0. The van der Waals surface area contributed by atoms with Crippen LogP contribution in [0.25, 0.3) is 5.69 Å². The van der Waals surface area contributed by atoms with Crippen molar-refractivity contribution in [2.75, 3.05) is 11.1 Å². The lowest BCUT2D eigenvalue weighted by Crippen LogP contribution is -2.15. The maximum atomic E-state index is 12.2. The van der Waals surface area contributed by atoms with Crippen LogP contribution in [-0.2, 0) is 4.79 Å². The Labute approximate surface area is 166 Å². The standard InChI is InChI=1S/C20H19N5O2S/c21-18(27)13-8-10-15(11-9-13)22-17(26)12-28-20-23-19(14-6-7-14)25(24-20)16-4-2-1-3-5-16/h1-5,8-11,14H,6-7,12H2,(H2,21,27)(H,22,26). The predicted molar refractivity (Wildman–Crippen MR) is 108 cm³/mol. The molecule has 7 nitrogen and oxygen atoms in total. The summed E-state index contributed by atoms with van der Waals surface area (Å²) < 4.78 is 1.88. The second-order valence-corrected chi connectivity index (χ2v) is 7.50. The first-order chi connectivity index (χ1) is 13.6. The molecule has 0 aliphatic heterocycles. The third-order valence-corrected chi connectivity index (χ3v) is 5.18. The fourth-order valence-electron chi connectivity index (χ4n) is 2.78. The van der Waals surface area contributed by atoms with Crippen molar-refractivity contribution in [2.24, 2.45) is 5.73 Å². The number of para-hydroxylation sites is 1. The lowest BCUT2D eigenvalue weighted by atomic mass is 10.2. The van der Waals surface area contributed by atoms with E-state index in [2.05, 4.69) is 15.4 Å². The number of amides is 2. The molecule has 8 heteroatoms. The summed E-state index contributed by atoms with van der Waals surface area (Å²) in [6, 6.07) is 16.4. The minimum atomic E-state index is -0.500. The molecule has 142 valence electrons. The first kappa shape index (κ1) is 18.2. The molecule has 28 heavy (non-hydrogen) atoms. The van der Waals surface area contributed by atoms with Crippen molar-refractivity contribution in [3.63, 3.8) is 0 Å². The Bertz CT molecular complexity index is 997. The van der Waals surface area contributed by atoms with E-state index < -0.39 is 5.91 Å². The van der Waals surface area contributed by atoms with Gasteiger partial charge in [0.25, 0.3) is 0 Å². The molecule has 3 aromatic rings. The molecule has 1 aliphatic carbocycles. The van der Waals surface area contributed by atoms with Gasteiger partial charge in [-0.25, -0.2) is 9.67 Å².